The van der Waals surface area contributed by atoms with E-state index in [0.29, 0.717) is 34.6 Å². The fourth-order valence-corrected chi connectivity index (χ4v) is 17.3. The Hall–Kier alpha value is -7.68. The van der Waals surface area contributed by atoms with Crippen LogP contribution in [0.2, 0.25) is 0 Å². The lowest BCUT2D eigenvalue weighted by atomic mass is 9.72. The predicted octanol–water partition coefficient (Wildman–Crippen LogP) is 3.27. The molecule has 25 nitrogen and oxygen atoms in total. The summed E-state index contributed by atoms with van der Waals surface area (Å²) in [7, 11) is 0. The summed E-state index contributed by atoms with van der Waals surface area (Å²) < 4.78 is -1.56. The van der Waals surface area contributed by atoms with Gasteiger partial charge in [-0.3, -0.25) is 57.9 Å². The Morgan fingerprint density at radius 2 is 0.958 bits per heavy atom. The molecule has 0 spiro atoms. The number of nitrogens with zero attached hydrogens (tertiary/aromatic N) is 4. The summed E-state index contributed by atoms with van der Waals surface area (Å²) in [6.07, 6.45) is 8.62. The summed E-state index contributed by atoms with van der Waals surface area (Å²) in [5.41, 5.74) is 27.6. The van der Waals surface area contributed by atoms with Crippen LogP contribution in [0.3, 0.4) is 0 Å². The molecule has 9 amide bonds. The Morgan fingerprint density at radius 3 is 1.48 bits per heavy atom. The highest BCUT2D eigenvalue weighted by Gasteiger charge is 2.61. The SMILES string of the molecule is CC(C)C[C@@H]1NC(=O)[C@H](CCCN=C(N)N)NC(=O)[C@H](C(C)C)NC(=O)C2=CC3=C4CCCC4=C4C=C(S[C@]4(C)[C@@]3(C)S2)C(=O)[C@H]2CCCN2C(=O)[C@H](CC(C)C)NC(=O)[C@H](CCCN=C(N)N)NC(=O)[C@H](C(C)C)NC(=O)[C@@H]2CCCN2C(=O)[C@@H](Cc2ccccc2)NC1=O. The number of hydrogen-bond donors (Lipinski definition) is 11. The van der Waals surface area contributed by atoms with E-state index in [1.807, 2.05) is 45.9 Å². The Labute approximate surface area is 572 Å². The lowest BCUT2D eigenvalue weighted by Gasteiger charge is -2.47. The summed E-state index contributed by atoms with van der Waals surface area (Å²) >= 11 is 2.81. The van der Waals surface area contributed by atoms with Crippen LogP contribution in [0.4, 0.5) is 0 Å². The molecular weight excluding hydrogens is 1260 g/mol. The van der Waals surface area contributed by atoms with Gasteiger partial charge in [-0.05, 0) is 161 Å². The highest BCUT2D eigenvalue weighted by molar-refractivity contribution is 8.10. The molecule has 0 aromatic heterocycles. The van der Waals surface area contributed by atoms with Gasteiger partial charge in [0.1, 0.15) is 48.3 Å². The number of nitrogens with two attached hydrogens (primary N) is 4. The lowest BCUT2D eigenvalue weighted by molar-refractivity contribution is -0.143. The first kappa shape index (κ1) is 74.1. The van der Waals surface area contributed by atoms with Crippen LogP contribution < -0.4 is 60.2 Å². The van der Waals surface area contributed by atoms with Gasteiger partial charge in [0.25, 0.3) is 5.91 Å². The van der Waals surface area contributed by atoms with E-state index in [1.54, 1.807) is 56.9 Å². The van der Waals surface area contributed by atoms with E-state index >= 15 is 14.4 Å². The van der Waals surface area contributed by atoms with E-state index in [2.05, 4.69) is 61.0 Å². The molecule has 1 aromatic rings. The number of fused-ring (bicyclic) bond motifs is 5. The molecule has 5 aliphatic heterocycles. The molecule has 4 bridgehead atoms. The minimum absolute atomic E-state index is 0.00278. The zero-order valence-electron chi connectivity index (χ0n) is 57.3. The van der Waals surface area contributed by atoms with Gasteiger partial charge in [0, 0.05) is 32.6 Å². The van der Waals surface area contributed by atoms with Crippen molar-refractivity contribution in [1.82, 2.24) is 47.0 Å². The van der Waals surface area contributed by atoms with E-state index in [1.165, 1.54) is 28.4 Å². The van der Waals surface area contributed by atoms with Gasteiger partial charge in [0.15, 0.2) is 17.7 Å². The maximum Gasteiger partial charge on any atom is 0.258 e. The number of thioether (sulfide) groups is 2. The van der Waals surface area contributed by atoms with Crippen LogP contribution in [-0.4, -0.2) is 171 Å². The number of amides is 9. The molecule has 4 fully saturated rings. The highest BCUT2D eigenvalue weighted by atomic mass is 32.2. The van der Waals surface area contributed by atoms with Crippen molar-refractivity contribution in [3.63, 3.8) is 0 Å². The Kier molecular flexibility index (Phi) is 24.8. The van der Waals surface area contributed by atoms with Crippen molar-refractivity contribution in [2.45, 2.75) is 223 Å². The Morgan fingerprint density at radius 1 is 0.521 bits per heavy atom. The maximum absolute atomic E-state index is 15.3. The second-order valence-electron chi connectivity index (χ2n) is 28.2. The van der Waals surface area contributed by atoms with Crippen molar-refractivity contribution in [2.75, 3.05) is 26.2 Å². The van der Waals surface area contributed by atoms with Gasteiger partial charge in [-0.15, -0.1) is 23.5 Å². The molecule has 11 atom stereocenters. The molecule has 7 aliphatic rings. The Balaban J connectivity index is 1.17. The molecule has 0 radical (unpaired) electrons. The molecule has 524 valence electrons. The first-order chi connectivity index (χ1) is 45.4. The van der Waals surface area contributed by atoms with Crippen LogP contribution in [0.15, 0.2) is 84.6 Å². The number of aliphatic imine (C=N–C) groups is 2. The van der Waals surface area contributed by atoms with Crippen molar-refractivity contribution in [2.24, 2.45) is 56.6 Å². The first-order valence-electron chi connectivity index (χ1n) is 34.1. The number of rotatable bonds is 16. The summed E-state index contributed by atoms with van der Waals surface area (Å²) in [5, 5.41) is 20.5. The zero-order chi connectivity index (χ0) is 70.1. The zero-order valence-corrected chi connectivity index (χ0v) is 58.9. The molecule has 27 heteroatoms. The maximum atomic E-state index is 15.3. The van der Waals surface area contributed by atoms with Crippen molar-refractivity contribution >= 4 is 94.4 Å². The van der Waals surface area contributed by atoms with E-state index in [0.717, 1.165) is 41.6 Å². The van der Waals surface area contributed by atoms with Crippen molar-refractivity contribution < 1.29 is 47.9 Å². The van der Waals surface area contributed by atoms with Crippen LogP contribution in [-0.2, 0) is 54.4 Å². The topological polar surface area (TPSA) is 390 Å². The van der Waals surface area contributed by atoms with Gasteiger partial charge >= 0.3 is 0 Å². The predicted molar refractivity (Wildman–Crippen MR) is 373 cm³/mol. The van der Waals surface area contributed by atoms with Gasteiger partial charge in [-0.25, -0.2) is 0 Å². The lowest BCUT2D eigenvalue weighted by Crippen LogP contribution is -2.61. The van der Waals surface area contributed by atoms with Crippen LogP contribution in [0.1, 0.15) is 158 Å². The number of guanidine groups is 2. The van der Waals surface area contributed by atoms with Gasteiger partial charge < -0.3 is 70.0 Å². The van der Waals surface area contributed by atoms with Crippen LogP contribution in [0, 0.1) is 23.7 Å². The second-order valence-corrected chi connectivity index (χ2v) is 31.2. The number of nitrogens with one attached hydrogen (secondary N) is 7. The number of Topliss-reactive ketones (excluding diaryl/α,β-unsaturated/α-hetero) is 1. The molecular formula is C69H101N15O10S2. The largest absolute Gasteiger partial charge is 0.370 e. The van der Waals surface area contributed by atoms with Crippen LogP contribution >= 0.6 is 23.5 Å². The summed E-state index contributed by atoms with van der Waals surface area (Å²) in [6.45, 7) is 19.4. The van der Waals surface area contributed by atoms with Crippen molar-refractivity contribution in [3.8, 4) is 0 Å². The van der Waals surface area contributed by atoms with Crippen LogP contribution in [0.25, 0.3) is 0 Å². The molecule has 96 heavy (non-hydrogen) atoms. The van der Waals surface area contributed by atoms with Crippen LogP contribution in [0.5, 0.6) is 0 Å². The number of benzene rings is 1. The van der Waals surface area contributed by atoms with E-state index < -0.39 is 129 Å². The van der Waals surface area contributed by atoms with Crippen molar-refractivity contribution in [3.05, 3.63) is 80.2 Å². The van der Waals surface area contributed by atoms with Gasteiger partial charge in [0.2, 0.25) is 47.3 Å². The number of ketones is 1. The van der Waals surface area contributed by atoms with Gasteiger partial charge in [0.05, 0.1) is 25.3 Å². The quantitative estimate of drug-likeness (QED) is 0.0643. The first-order valence-corrected chi connectivity index (χ1v) is 35.8. The normalized spacial score (nSPS) is 29.1. The van der Waals surface area contributed by atoms with Crippen molar-refractivity contribution in [1.29, 1.82) is 0 Å². The number of carbonyl (C=O) groups excluding carboxylic acids is 10. The third kappa shape index (κ3) is 17.2. The number of hydrogen-bond acceptors (Lipinski definition) is 14. The molecule has 8 rings (SSSR count). The minimum atomic E-state index is -1.27. The smallest absolute Gasteiger partial charge is 0.258 e. The standard InChI is InChI=1S/C69H101N15O10S2/c1-36(2)31-47-59(88)80-49(33-40-19-12-11-13-20-40)65(94)84-30-18-26-51(84)60(89)81-54(38(5)6)62(91)77-46(24-16-28-75-67(72)73)58(87)79-48(32-37(3)4)64(93)83-29-17-25-50(83)56(85)52-34-43-41-21-14-22-42(41)44-35-53(96-69(44,10)68(43,9)95-52)61(90)82-55(39(7)8)63(92)76-45(57(86)78-47)23-15-27-74-66(70)71/h11-13,19-20,34-39,45-51,54-55H,14-18,21-33H2,1-10H3,(H,76,92)(H,77,91)(H,78,86)(H,79,87)(H,80,88)(H,81,89)(H,82,90)(H4,70,71,74)(H4,72,73,75)/t45-,46-,47-,48-,49+,50+,51-,54-,55-,68-,69-/m0/s1. The minimum Gasteiger partial charge on any atom is -0.370 e. The third-order valence-electron chi connectivity index (χ3n) is 19.3. The molecule has 1 saturated carbocycles. The fraction of sp³-hybridized carbons (Fsp3) is 0.623. The molecule has 3 saturated heterocycles. The highest BCUT2D eigenvalue weighted by Crippen LogP contribution is 2.68. The summed E-state index contributed by atoms with van der Waals surface area (Å²) in [4.78, 5) is 161. The van der Waals surface area contributed by atoms with E-state index in [9.17, 15) is 33.6 Å². The molecule has 1 aromatic carbocycles. The summed E-state index contributed by atoms with van der Waals surface area (Å²) in [5.74, 6) is -7.48. The van der Waals surface area contributed by atoms with Gasteiger partial charge in [-0.1, -0.05) is 85.7 Å². The summed E-state index contributed by atoms with van der Waals surface area (Å²) in [6, 6.07) is -1.46. The average Bonchev–Trinajstić information content (AvgIpc) is 1.51. The average molecular weight is 1360 g/mol. The molecule has 15 N–H and O–H groups in total. The van der Waals surface area contributed by atoms with E-state index in [-0.39, 0.29) is 107 Å². The molecule has 5 heterocycles. The monoisotopic (exact) mass is 1360 g/mol. The number of carbonyl (C=O) groups is 10. The third-order valence-corrected chi connectivity index (χ3v) is 22.6. The molecule has 2 aliphatic carbocycles. The van der Waals surface area contributed by atoms with Gasteiger partial charge in [-0.2, -0.15) is 0 Å². The fourth-order valence-electron chi connectivity index (χ4n) is 14.2. The number of allylic oxidation sites excluding steroid dienone is 4. The Bertz CT molecular complexity index is 3360. The molecule has 0 unspecified atom stereocenters. The van der Waals surface area contributed by atoms with E-state index in [4.69, 9.17) is 22.9 Å². The second kappa shape index (κ2) is 32.1.